The zero-order valence-corrected chi connectivity index (χ0v) is 60.4. The van der Waals surface area contributed by atoms with Crippen molar-refractivity contribution in [2.45, 2.75) is 303 Å². The molecule has 0 amide bonds. The molecule has 540 valence electrons. The molecule has 0 aromatic rings. The van der Waals surface area contributed by atoms with E-state index in [1.54, 1.807) is 6.08 Å². The highest BCUT2D eigenvalue weighted by atomic mass is 31.2. The number of esters is 4. The number of phosphoric ester groups is 2. The van der Waals surface area contributed by atoms with Crippen LogP contribution < -0.4 is 0 Å². The first-order chi connectivity index (χ1) is 45.7. The van der Waals surface area contributed by atoms with Crippen molar-refractivity contribution in [3.63, 3.8) is 0 Å². The maximum absolute atomic E-state index is 13.0. The largest absolute Gasteiger partial charge is 0.472 e. The van der Waals surface area contributed by atoms with Gasteiger partial charge in [-0.25, -0.2) is 9.13 Å². The molecule has 0 aromatic carbocycles. The molecule has 0 aliphatic carbocycles. The number of carbonyl (C=O) groups excluding carboxylic acids is 4. The third-order valence-electron chi connectivity index (χ3n) is 14.7. The zero-order chi connectivity index (χ0) is 69.0. The SMILES string of the molecule is CC/C=C\C/C=C\C/C=C\C/C=C\C/C=C\CC(=O)OCC(COP(=O)(O)OCC(O)COP(=O)(O)OCC(COC(=O)CCCCCCC/C=C\C/C=C\CCCCC)OC(=O)CCCCCCC/C=C\C/C=C\CCC)OC(=O)CCCCCCCCCCCCC. The Balaban J connectivity index is 5.40. The molecule has 0 fully saturated rings. The Morgan fingerprint density at radius 2 is 0.617 bits per heavy atom. The van der Waals surface area contributed by atoms with Crippen LogP contribution in [0.15, 0.2) is 109 Å². The molecule has 5 unspecified atom stereocenters. The number of allylic oxidation sites excluding steroid dienone is 17. The first-order valence-electron chi connectivity index (χ1n) is 36.1. The van der Waals surface area contributed by atoms with Crippen LogP contribution in [0.1, 0.15) is 285 Å². The van der Waals surface area contributed by atoms with Crippen LogP contribution in [0, 0.1) is 0 Å². The molecule has 0 radical (unpaired) electrons. The number of unbranched alkanes of at least 4 members (excludes halogenated alkanes) is 24. The second kappa shape index (κ2) is 67.3. The van der Waals surface area contributed by atoms with Crippen LogP contribution in [-0.2, 0) is 65.4 Å². The van der Waals surface area contributed by atoms with E-state index >= 15 is 0 Å². The smallest absolute Gasteiger partial charge is 0.462 e. The maximum Gasteiger partial charge on any atom is 0.472 e. The van der Waals surface area contributed by atoms with E-state index in [0.717, 1.165) is 148 Å². The molecule has 3 N–H and O–H groups in total. The summed E-state index contributed by atoms with van der Waals surface area (Å²) < 4.78 is 68.1. The number of ether oxygens (including phenoxy) is 4. The van der Waals surface area contributed by atoms with Crippen molar-refractivity contribution in [3.05, 3.63) is 109 Å². The molecule has 94 heavy (non-hydrogen) atoms. The van der Waals surface area contributed by atoms with Crippen LogP contribution in [0.5, 0.6) is 0 Å². The normalized spacial score (nSPS) is 14.7. The van der Waals surface area contributed by atoms with Gasteiger partial charge in [0.05, 0.1) is 32.8 Å². The topological polar surface area (TPSA) is 237 Å². The summed E-state index contributed by atoms with van der Waals surface area (Å²) >= 11 is 0. The lowest BCUT2D eigenvalue weighted by atomic mass is 10.1. The summed E-state index contributed by atoms with van der Waals surface area (Å²) in [5.41, 5.74) is 0. The van der Waals surface area contributed by atoms with E-state index in [-0.39, 0.29) is 25.7 Å². The molecule has 0 rings (SSSR count). The van der Waals surface area contributed by atoms with Crippen LogP contribution in [0.3, 0.4) is 0 Å². The average Bonchev–Trinajstić information content (AvgIpc) is 1.35. The van der Waals surface area contributed by atoms with Gasteiger partial charge in [0.15, 0.2) is 12.2 Å². The highest BCUT2D eigenvalue weighted by molar-refractivity contribution is 7.47. The van der Waals surface area contributed by atoms with Crippen LogP contribution in [-0.4, -0.2) is 96.7 Å². The number of aliphatic hydroxyl groups is 1. The van der Waals surface area contributed by atoms with Crippen molar-refractivity contribution in [2.75, 3.05) is 39.6 Å². The highest BCUT2D eigenvalue weighted by Crippen LogP contribution is 2.45. The predicted molar refractivity (Wildman–Crippen MR) is 381 cm³/mol. The lowest BCUT2D eigenvalue weighted by Crippen LogP contribution is -2.30. The van der Waals surface area contributed by atoms with E-state index in [2.05, 4.69) is 113 Å². The van der Waals surface area contributed by atoms with E-state index in [1.807, 2.05) is 18.2 Å². The lowest BCUT2D eigenvalue weighted by Gasteiger charge is -2.21. The summed E-state index contributed by atoms with van der Waals surface area (Å²) in [6, 6.07) is 0. The van der Waals surface area contributed by atoms with Crippen molar-refractivity contribution < 1.29 is 80.2 Å². The molecule has 0 heterocycles. The number of carbonyl (C=O) groups is 4. The Kier molecular flexibility index (Phi) is 64.2. The zero-order valence-electron chi connectivity index (χ0n) is 58.6. The van der Waals surface area contributed by atoms with E-state index in [9.17, 15) is 43.2 Å². The van der Waals surface area contributed by atoms with E-state index < -0.39 is 97.5 Å². The van der Waals surface area contributed by atoms with Crippen molar-refractivity contribution in [1.82, 2.24) is 0 Å². The van der Waals surface area contributed by atoms with E-state index in [1.165, 1.54) is 57.8 Å². The fourth-order valence-corrected chi connectivity index (χ4v) is 10.8. The summed E-state index contributed by atoms with van der Waals surface area (Å²) in [5, 5.41) is 10.6. The number of rotatable bonds is 67. The lowest BCUT2D eigenvalue weighted by molar-refractivity contribution is -0.161. The summed E-state index contributed by atoms with van der Waals surface area (Å²) in [7, 11) is -9.97. The summed E-state index contributed by atoms with van der Waals surface area (Å²) in [6.45, 7) is 4.50. The third kappa shape index (κ3) is 66.3. The average molecular weight is 1360 g/mol. The van der Waals surface area contributed by atoms with Gasteiger partial charge in [-0.2, -0.15) is 0 Å². The van der Waals surface area contributed by atoms with Gasteiger partial charge in [-0.15, -0.1) is 0 Å². The van der Waals surface area contributed by atoms with Crippen molar-refractivity contribution in [3.8, 4) is 0 Å². The molecule has 0 spiro atoms. The second-order valence-electron chi connectivity index (χ2n) is 23.8. The molecule has 0 aromatic heterocycles. The summed E-state index contributed by atoms with van der Waals surface area (Å²) in [6.07, 6.45) is 69.8. The Labute approximate surface area is 569 Å². The van der Waals surface area contributed by atoms with Crippen LogP contribution in [0.4, 0.5) is 0 Å². The van der Waals surface area contributed by atoms with Crippen LogP contribution in [0.25, 0.3) is 0 Å². The van der Waals surface area contributed by atoms with Gasteiger partial charge in [0.25, 0.3) is 0 Å². The standard InChI is InChI=1S/C75H128O17P2/c1-5-9-13-17-21-25-29-32-34-37-40-43-47-51-55-59-72(77)85-65-70(91-74(79)61-57-53-49-45-39-28-24-20-16-12-8-4)67-89-93(81,82)87-63-69(76)64-88-94(83,84)90-68-71(92-75(80)62-58-54-50-46-42-36-31-27-23-19-15-11-7-3)66-86-73(78)60-56-52-48-44-41-38-35-33-30-26-22-18-14-10-6-2/h9,13,15,19,21-22,25-27,31-35,40,43,51,55,69-71,76H,5-8,10-12,14,16-18,20,23-24,28-30,36-39,41-42,44-50,52-54,56-68H2,1-4H3,(H,81,82)(H,83,84)/b13-9-,19-15-,25-21-,26-22-,31-27-,34-32-,35-33-,43-40-,55-51-. The van der Waals surface area contributed by atoms with E-state index in [0.29, 0.717) is 25.7 Å². The fraction of sp³-hybridized carbons (Fsp3) is 0.707. The molecule has 19 heteroatoms. The quantitative estimate of drug-likeness (QED) is 0.0169. The Bertz CT molecular complexity index is 2220. The Morgan fingerprint density at radius 3 is 1.01 bits per heavy atom. The summed E-state index contributed by atoms with van der Waals surface area (Å²) in [5.74, 6) is -2.35. The predicted octanol–water partition coefficient (Wildman–Crippen LogP) is 20.2. The molecule has 0 saturated heterocycles. The number of hydrogen-bond donors (Lipinski definition) is 3. The van der Waals surface area contributed by atoms with Gasteiger partial charge in [-0.3, -0.25) is 37.3 Å². The Morgan fingerprint density at radius 1 is 0.319 bits per heavy atom. The first-order valence-corrected chi connectivity index (χ1v) is 39.1. The molecular formula is C75H128O17P2. The van der Waals surface area contributed by atoms with Gasteiger partial charge >= 0.3 is 39.5 Å². The molecule has 5 atom stereocenters. The van der Waals surface area contributed by atoms with Gasteiger partial charge in [0.1, 0.15) is 19.3 Å². The second-order valence-corrected chi connectivity index (χ2v) is 26.7. The van der Waals surface area contributed by atoms with Gasteiger partial charge in [-0.1, -0.05) is 259 Å². The van der Waals surface area contributed by atoms with E-state index in [4.69, 9.17) is 37.0 Å². The minimum absolute atomic E-state index is 0.0703. The van der Waals surface area contributed by atoms with Gasteiger partial charge in [0, 0.05) is 19.3 Å². The number of phosphoric acid groups is 2. The number of hydrogen-bond acceptors (Lipinski definition) is 15. The summed E-state index contributed by atoms with van der Waals surface area (Å²) in [4.78, 5) is 72.5. The molecule has 0 saturated carbocycles. The minimum Gasteiger partial charge on any atom is -0.462 e. The molecular weight excluding hydrogens is 1230 g/mol. The van der Waals surface area contributed by atoms with Crippen molar-refractivity contribution in [1.29, 1.82) is 0 Å². The van der Waals surface area contributed by atoms with Crippen molar-refractivity contribution >= 4 is 39.5 Å². The fourth-order valence-electron chi connectivity index (χ4n) is 9.24. The first kappa shape index (κ1) is 89.7. The van der Waals surface area contributed by atoms with Crippen molar-refractivity contribution in [2.24, 2.45) is 0 Å². The van der Waals surface area contributed by atoms with Gasteiger partial charge < -0.3 is 33.8 Å². The third-order valence-corrected chi connectivity index (χ3v) is 16.6. The molecule has 0 aliphatic rings. The highest BCUT2D eigenvalue weighted by Gasteiger charge is 2.30. The maximum atomic E-state index is 13.0. The minimum atomic E-state index is -4.99. The molecule has 0 bridgehead atoms. The Hall–Kier alpha value is -4.28. The van der Waals surface area contributed by atoms with Gasteiger partial charge in [-0.05, 0) is 109 Å². The molecule has 17 nitrogen and oxygen atoms in total. The monoisotopic (exact) mass is 1360 g/mol. The van der Waals surface area contributed by atoms with Crippen LogP contribution >= 0.6 is 15.6 Å². The van der Waals surface area contributed by atoms with Crippen LogP contribution in [0.2, 0.25) is 0 Å². The number of aliphatic hydroxyl groups excluding tert-OH is 1. The molecule has 0 aliphatic heterocycles. The van der Waals surface area contributed by atoms with Gasteiger partial charge in [0.2, 0.25) is 0 Å².